The number of furan rings is 1. The molecule has 3 N–H and O–H groups in total. The lowest BCUT2D eigenvalue weighted by molar-refractivity contribution is 0.412. The van der Waals surface area contributed by atoms with Gasteiger partial charge in [0.25, 0.3) is 10.0 Å². The summed E-state index contributed by atoms with van der Waals surface area (Å²) in [6.45, 7) is 1.37. The predicted molar refractivity (Wildman–Crippen MR) is 73.2 cm³/mol. The molecule has 7 nitrogen and oxygen atoms in total. The van der Waals surface area contributed by atoms with E-state index in [1.807, 2.05) is 10.8 Å². The number of aryl methyl sites for hydroxylation is 1. The van der Waals surface area contributed by atoms with Crippen LogP contribution in [0.1, 0.15) is 18.6 Å². The van der Waals surface area contributed by atoms with Crippen LogP contribution >= 0.6 is 0 Å². The number of nitrogens with one attached hydrogen (secondary N) is 1. The van der Waals surface area contributed by atoms with E-state index in [0.29, 0.717) is 12.3 Å². The zero-order chi connectivity index (χ0) is 14.4. The Morgan fingerprint density at radius 2 is 2.20 bits per heavy atom. The Kier molecular flexibility index (Phi) is 4.94. The average Bonchev–Trinajstić information content (AvgIpc) is 3.09. The smallest absolute Gasteiger partial charge is 0.273 e. The van der Waals surface area contributed by atoms with Crippen molar-refractivity contribution in [1.29, 1.82) is 0 Å². The molecule has 2 aromatic rings. The van der Waals surface area contributed by atoms with Gasteiger partial charge < -0.3 is 14.7 Å². The second-order valence-corrected chi connectivity index (χ2v) is 6.03. The van der Waals surface area contributed by atoms with E-state index in [4.69, 9.17) is 10.2 Å². The Morgan fingerprint density at radius 1 is 1.35 bits per heavy atom. The number of unbranched alkanes of at least 4 members (excludes halogenated alkanes) is 1. The predicted octanol–water partition coefficient (Wildman–Crippen LogP) is 0.693. The van der Waals surface area contributed by atoms with Crippen molar-refractivity contribution in [3.05, 3.63) is 36.6 Å². The fraction of sp³-hybridized carbons (Fsp3) is 0.417. The molecule has 0 bridgehead atoms. The van der Waals surface area contributed by atoms with Crippen molar-refractivity contribution in [1.82, 2.24) is 14.3 Å². The normalized spacial score (nSPS) is 11.8. The largest absolute Gasteiger partial charge is 0.447 e. The van der Waals surface area contributed by atoms with Crippen molar-refractivity contribution in [2.75, 3.05) is 6.54 Å². The first-order chi connectivity index (χ1) is 9.62. The molecule has 0 aliphatic rings. The van der Waals surface area contributed by atoms with E-state index >= 15 is 0 Å². The molecule has 0 spiro atoms. The zero-order valence-corrected chi connectivity index (χ0v) is 11.8. The average molecular weight is 298 g/mol. The molecule has 2 heterocycles. The lowest BCUT2D eigenvalue weighted by atomic mass is 10.3. The van der Waals surface area contributed by atoms with Crippen molar-refractivity contribution in [2.24, 2.45) is 5.73 Å². The third-order valence-corrected chi connectivity index (χ3v) is 4.13. The topological polar surface area (TPSA) is 103 Å². The van der Waals surface area contributed by atoms with Crippen LogP contribution < -0.4 is 10.5 Å². The lowest BCUT2D eigenvalue weighted by Gasteiger charge is -2.05. The van der Waals surface area contributed by atoms with Gasteiger partial charge in [-0.15, -0.1) is 0 Å². The Morgan fingerprint density at radius 3 is 2.85 bits per heavy atom. The van der Waals surface area contributed by atoms with Crippen LogP contribution in [0.2, 0.25) is 0 Å². The maximum absolute atomic E-state index is 11.9. The zero-order valence-electron chi connectivity index (χ0n) is 11.0. The quantitative estimate of drug-likeness (QED) is 0.698. The van der Waals surface area contributed by atoms with E-state index in [-0.39, 0.29) is 11.6 Å². The maximum Gasteiger partial charge on any atom is 0.273 e. The monoisotopic (exact) mass is 298 g/mol. The van der Waals surface area contributed by atoms with Gasteiger partial charge in [0.05, 0.1) is 12.9 Å². The summed E-state index contributed by atoms with van der Waals surface area (Å²) in [4.78, 5) is 3.94. The van der Waals surface area contributed by atoms with Crippen LogP contribution in [0.4, 0.5) is 0 Å². The van der Waals surface area contributed by atoms with Crippen LogP contribution in [-0.4, -0.2) is 24.5 Å². The summed E-state index contributed by atoms with van der Waals surface area (Å²) in [6, 6.07) is 2.98. The molecule has 0 amide bonds. The molecule has 2 rings (SSSR count). The fourth-order valence-corrected chi connectivity index (χ4v) is 2.75. The number of aromatic nitrogens is 2. The number of sulfonamides is 1. The first-order valence-electron chi connectivity index (χ1n) is 6.36. The lowest BCUT2D eigenvalue weighted by Crippen LogP contribution is -2.24. The minimum atomic E-state index is -3.58. The van der Waals surface area contributed by atoms with E-state index in [1.165, 1.54) is 6.07 Å². The van der Waals surface area contributed by atoms with Gasteiger partial charge in [-0.3, -0.25) is 0 Å². The second kappa shape index (κ2) is 6.69. The molecule has 0 radical (unpaired) electrons. The molecule has 0 atom stereocenters. The third-order valence-electron chi connectivity index (χ3n) is 2.80. The van der Waals surface area contributed by atoms with E-state index in [1.54, 1.807) is 18.6 Å². The molecule has 0 aliphatic carbocycles. The SMILES string of the molecule is NCc1ccc(S(=O)(=O)NCCCCn2ccnc2)o1. The number of hydrogen-bond acceptors (Lipinski definition) is 5. The summed E-state index contributed by atoms with van der Waals surface area (Å²) in [7, 11) is -3.58. The molecular weight excluding hydrogens is 280 g/mol. The number of rotatable bonds is 8. The number of hydrogen-bond donors (Lipinski definition) is 2. The molecular formula is C12H18N4O3S. The summed E-state index contributed by atoms with van der Waals surface area (Å²) in [6.07, 6.45) is 6.93. The number of nitrogens with two attached hydrogens (primary N) is 1. The van der Waals surface area contributed by atoms with Gasteiger partial charge in [-0.25, -0.2) is 18.1 Å². The number of imidazole rings is 1. The minimum Gasteiger partial charge on any atom is -0.447 e. The molecule has 8 heteroatoms. The molecule has 0 unspecified atom stereocenters. The van der Waals surface area contributed by atoms with Gasteiger partial charge >= 0.3 is 0 Å². The minimum absolute atomic E-state index is 0.0902. The van der Waals surface area contributed by atoms with Crippen molar-refractivity contribution in [3.8, 4) is 0 Å². The molecule has 0 fully saturated rings. The summed E-state index contributed by atoms with van der Waals surface area (Å²) in [5, 5.41) is -0.0902. The van der Waals surface area contributed by atoms with Crippen LogP contribution in [0.5, 0.6) is 0 Å². The molecule has 0 saturated carbocycles. The van der Waals surface area contributed by atoms with Gasteiger partial charge in [0.1, 0.15) is 5.76 Å². The molecule has 0 saturated heterocycles. The highest BCUT2D eigenvalue weighted by Crippen LogP contribution is 2.13. The molecule has 0 aliphatic heterocycles. The molecule has 0 aromatic carbocycles. The van der Waals surface area contributed by atoms with Crippen LogP contribution in [0.3, 0.4) is 0 Å². The third kappa shape index (κ3) is 3.92. The highest BCUT2D eigenvalue weighted by Gasteiger charge is 2.17. The van der Waals surface area contributed by atoms with Gasteiger partial charge in [-0.1, -0.05) is 0 Å². The maximum atomic E-state index is 11.9. The summed E-state index contributed by atoms with van der Waals surface area (Å²) in [5.41, 5.74) is 5.38. The highest BCUT2D eigenvalue weighted by molar-refractivity contribution is 7.89. The van der Waals surface area contributed by atoms with Gasteiger partial charge in [0.15, 0.2) is 0 Å². The Balaban J connectivity index is 1.75. The Hall–Kier alpha value is -1.64. The second-order valence-electron chi connectivity index (χ2n) is 4.33. The van der Waals surface area contributed by atoms with Crippen molar-refractivity contribution in [3.63, 3.8) is 0 Å². The van der Waals surface area contributed by atoms with Crippen molar-refractivity contribution in [2.45, 2.75) is 31.0 Å². The van der Waals surface area contributed by atoms with Crippen LogP contribution in [0.15, 0.2) is 40.4 Å². The first-order valence-corrected chi connectivity index (χ1v) is 7.84. The van der Waals surface area contributed by atoms with E-state index in [0.717, 1.165) is 19.4 Å². The van der Waals surface area contributed by atoms with E-state index < -0.39 is 10.0 Å². The summed E-state index contributed by atoms with van der Waals surface area (Å²) >= 11 is 0. The summed E-state index contributed by atoms with van der Waals surface area (Å²) < 4.78 is 33.4. The Bertz CT molecular complexity index is 619. The first kappa shape index (κ1) is 14.8. The van der Waals surface area contributed by atoms with E-state index in [2.05, 4.69) is 9.71 Å². The standard InChI is InChI=1S/C12H18N4O3S/c13-9-11-3-4-12(19-11)20(17,18)15-5-1-2-7-16-8-6-14-10-16/h3-4,6,8,10,15H,1-2,5,7,9,13H2. The van der Waals surface area contributed by atoms with Crippen LogP contribution in [-0.2, 0) is 23.1 Å². The van der Waals surface area contributed by atoms with Crippen molar-refractivity contribution < 1.29 is 12.8 Å². The van der Waals surface area contributed by atoms with E-state index in [9.17, 15) is 8.42 Å². The van der Waals surface area contributed by atoms with Crippen LogP contribution in [0, 0.1) is 0 Å². The number of nitrogens with zero attached hydrogens (tertiary/aromatic N) is 2. The molecule has 20 heavy (non-hydrogen) atoms. The van der Waals surface area contributed by atoms with Crippen molar-refractivity contribution >= 4 is 10.0 Å². The summed E-state index contributed by atoms with van der Waals surface area (Å²) in [5.74, 6) is 0.450. The van der Waals surface area contributed by atoms with Gasteiger partial charge in [-0.2, -0.15) is 0 Å². The molecule has 110 valence electrons. The van der Waals surface area contributed by atoms with Crippen LogP contribution in [0.25, 0.3) is 0 Å². The van der Waals surface area contributed by atoms with Gasteiger partial charge in [0.2, 0.25) is 5.09 Å². The Labute approximate surface area is 117 Å². The van der Waals surface area contributed by atoms with Gasteiger partial charge in [-0.05, 0) is 25.0 Å². The fourth-order valence-electron chi connectivity index (χ4n) is 1.73. The highest BCUT2D eigenvalue weighted by atomic mass is 32.2. The van der Waals surface area contributed by atoms with Gasteiger partial charge in [0, 0.05) is 25.5 Å². The molecule has 2 aromatic heterocycles.